The van der Waals surface area contributed by atoms with E-state index in [1.165, 1.54) is 19.9 Å². The normalized spacial score (nSPS) is 24.9. The molecule has 1 aromatic heterocycles. The maximum absolute atomic E-state index is 14.7. The van der Waals surface area contributed by atoms with Crippen LogP contribution in [0.3, 0.4) is 0 Å². The van der Waals surface area contributed by atoms with Crippen LogP contribution in [0, 0.1) is 17.6 Å². The number of pyridine rings is 1. The van der Waals surface area contributed by atoms with Gasteiger partial charge in [0.05, 0.1) is 6.10 Å². The van der Waals surface area contributed by atoms with Crippen molar-refractivity contribution < 1.29 is 46.1 Å². The first kappa shape index (κ1) is 27.3. The lowest BCUT2D eigenvalue weighted by molar-refractivity contribution is -0.272. The number of aromatic nitrogens is 1. The largest absolute Gasteiger partial charge is 0.487 e. The lowest BCUT2D eigenvalue weighted by Gasteiger charge is -2.32. The minimum Gasteiger partial charge on any atom is -0.487 e. The zero-order valence-electron chi connectivity index (χ0n) is 19.4. The van der Waals surface area contributed by atoms with Crippen molar-refractivity contribution in [2.75, 3.05) is 11.9 Å². The molecule has 0 saturated carbocycles. The molecule has 196 valence electrons. The molecule has 0 radical (unpaired) electrons. The molecule has 1 saturated heterocycles. The van der Waals surface area contributed by atoms with E-state index in [2.05, 4.69) is 10.3 Å². The lowest BCUT2D eigenvalue weighted by atomic mass is 9.77. The van der Waals surface area contributed by atoms with Crippen LogP contribution in [-0.2, 0) is 9.53 Å². The van der Waals surface area contributed by atoms with E-state index in [1.54, 1.807) is 0 Å². The number of hydrogen-bond acceptors (Lipinski definition) is 6. The minimum absolute atomic E-state index is 0.00437. The van der Waals surface area contributed by atoms with Crippen LogP contribution in [0.5, 0.6) is 5.75 Å². The number of rotatable bonds is 7. The summed E-state index contributed by atoms with van der Waals surface area (Å²) >= 11 is 0. The Morgan fingerprint density at radius 2 is 1.97 bits per heavy atom. The third-order valence-corrected chi connectivity index (χ3v) is 6.12. The molecule has 0 bridgehead atoms. The van der Waals surface area contributed by atoms with Crippen molar-refractivity contribution in [2.24, 2.45) is 11.7 Å². The highest BCUT2D eigenvalue weighted by Gasteiger charge is 2.66. The summed E-state index contributed by atoms with van der Waals surface area (Å²) in [5.41, 5.74) is 1.86. The van der Waals surface area contributed by atoms with E-state index in [0.29, 0.717) is 6.07 Å². The molecular formula is C23H24F5N3O5. The Hall–Kier alpha value is -3.32. The highest BCUT2D eigenvalue weighted by molar-refractivity contribution is 5.97. The first-order valence-corrected chi connectivity index (χ1v) is 10.8. The van der Waals surface area contributed by atoms with E-state index < -0.39 is 71.6 Å². The SMILES string of the molecule is C[C@@H](O)COc1c([C@H]2[C@H](C(=O)Nc3ccnc(C(N)=O)c3)O[C@@](C)(C(F)(F)F)[C@H]2C)ccc(F)c1F. The number of alkyl halides is 3. The van der Waals surface area contributed by atoms with Gasteiger partial charge < -0.3 is 25.6 Å². The summed E-state index contributed by atoms with van der Waals surface area (Å²) in [5.74, 6) is -8.42. The van der Waals surface area contributed by atoms with Gasteiger partial charge in [-0.3, -0.25) is 14.6 Å². The molecule has 2 aromatic rings. The van der Waals surface area contributed by atoms with Crippen LogP contribution < -0.4 is 15.8 Å². The summed E-state index contributed by atoms with van der Waals surface area (Å²) in [6, 6.07) is 4.11. The Morgan fingerprint density at radius 1 is 1.31 bits per heavy atom. The number of hydrogen-bond donors (Lipinski definition) is 3. The summed E-state index contributed by atoms with van der Waals surface area (Å²) < 4.78 is 81.5. The average molecular weight is 517 g/mol. The van der Waals surface area contributed by atoms with Gasteiger partial charge in [-0.15, -0.1) is 0 Å². The van der Waals surface area contributed by atoms with Crippen LogP contribution in [0.4, 0.5) is 27.6 Å². The highest BCUT2D eigenvalue weighted by Crippen LogP contribution is 2.55. The van der Waals surface area contributed by atoms with Crippen molar-refractivity contribution in [2.45, 2.75) is 50.7 Å². The second-order valence-corrected chi connectivity index (χ2v) is 8.68. The van der Waals surface area contributed by atoms with Crippen molar-refractivity contribution in [1.82, 2.24) is 4.98 Å². The number of halogens is 5. The third kappa shape index (κ3) is 5.12. The van der Waals surface area contributed by atoms with Crippen LogP contribution in [0.1, 0.15) is 42.7 Å². The van der Waals surface area contributed by atoms with Crippen molar-refractivity contribution in [3.05, 3.63) is 53.4 Å². The van der Waals surface area contributed by atoms with Gasteiger partial charge in [0.15, 0.2) is 17.2 Å². The molecule has 1 aliphatic rings. The predicted octanol–water partition coefficient (Wildman–Crippen LogP) is 3.30. The van der Waals surface area contributed by atoms with Gasteiger partial charge in [-0.25, -0.2) is 4.39 Å². The Morgan fingerprint density at radius 3 is 2.56 bits per heavy atom. The fourth-order valence-corrected chi connectivity index (χ4v) is 4.04. The second-order valence-electron chi connectivity index (χ2n) is 8.68. The molecule has 0 spiro atoms. The summed E-state index contributed by atoms with van der Waals surface area (Å²) in [6.45, 7) is 2.74. The predicted molar refractivity (Wildman–Crippen MR) is 116 cm³/mol. The molecule has 8 nitrogen and oxygen atoms in total. The number of carbonyl (C=O) groups is 2. The smallest absolute Gasteiger partial charge is 0.417 e. The first-order valence-electron chi connectivity index (χ1n) is 10.8. The Balaban J connectivity index is 2.09. The number of nitrogens with one attached hydrogen (secondary N) is 1. The third-order valence-electron chi connectivity index (χ3n) is 6.12. The van der Waals surface area contributed by atoms with Crippen LogP contribution in [-0.4, -0.2) is 52.5 Å². The number of primary amides is 1. The van der Waals surface area contributed by atoms with Crippen LogP contribution in [0.2, 0.25) is 0 Å². The van der Waals surface area contributed by atoms with Crippen molar-refractivity contribution in [3.8, 4) is 5.75 Å². The lowest BCUT2D eigenvalue weighted by Crippen LogP contribution is -2.47. The Kier molecular flexibility index (Phi) is 7.55. The van der Waals surface area contributed by atoms with Gasteiger partial charge in [0.25, 0.3) is 11.8 Å². The maximum atomic E-state index is 14.7. The molecule has 13 heteroatoms. The van der Waals surface area contributed by atoms with Crippen LogP contribution in [0.15, 0.2) is 30.5 Å². The van der Waals surface area contributed by atoms with Gasteiger partial charge in [-0.05, 0) is 32.0 Å². The fraction of sp³-hybridized carbons (Fsp3) is 0.435. The summed E-state index contributed by atoms with van der Waals surface area (Å²) in [4.78, 5) is 28.3. The van der Waals surface area contributed by atoms with Crippen molar-refractivity contribution in [1.29, 1.82) is 0 Å². The van der Waals surface area contributed by atoms with Crippen molar-refractivity contribution in [3.63, 3.8) is 0 Å². The number of nitrogens with two attached hydrogens (primary N) is 1. The molecule has 4 N–H and O–H groups in total. The van der Waals surface area contributed by atoms with Gasteiger partial charge in [-0.2, -0.15) is 17.6 Å². The molecule has 1 fully saturated rings. The van der Waals surface area contributed by atoms with Crippen molar-refractivity contribution >= 4 is 17.5 Å². The van der Waals surface area contributed by atoms with Gasteiger partial charge in [0.2, 0.25) is 5.82 Å². The van der Waals surface area contributed by atoms with E-state index in [0.717, 1.165) is 25.3 Å². The molecule has 5 atom stereocenters. The number of anilines is 1. The highest BCUT2D eigenvalue weighted by atomic mass is 19.4. The number of amides is 2. The molecule has 0 aliphatic carbocycles. The van der Waals surface area contributed by atoms with Crippen LogP contribution in [0.25, 0.3) is 0 Å². The van der Waals surface area contributed by atoms with E-state index in [1.807, 2.05) is 0 Å². The van der Waals surface area contributed by atoms with Gasteiger partial charge in [-0.1, -0.05) is 13.0 Å². The zero-order chi connectivity index (χ0) is 27.0. The average Bonchev–Trinajstić information content (AvgIpc) is 3.06. The van der Waals surface area contributed by atoms with Gasteiger partial charge in [0.1, 0.15) is 18.4 Å². The summed E-state index contributed by atoms with van der Waals surface area (Å²) in [6.07, 6.45) is -6.73. The molecule has 2 heterocycles. The quantitative estimate of drug-likeness (QED) is 0.485. The molecule has 1 aromatic carbocycles. The van der Waals surface area contributed by atoms with E-state index >= 15 is 0 Å². The first-order chi connectivity index (χ1) is 16.7. The number of ether oxygens (including phenoxy) is 2. The van der Waals surface area contributed by atoms with Gasteiger partial charge >= 0.3 is 6.18 Å². The molecule has 0 unspecified atom stereocenters. The standard InChI is InChI=1S/C23H24F5N3O5/c1-10(32)9-35-18-13(4-5-14(24)17(18)25)16-11(2)22(3,23(26,27)28)36-19(16)21(34)31-12-6-7-30-15(8-12)20(29)33/h4-8,10-11,16,19,32H,9H2,1-3H3,(H2,29,33)(H,30,31,34)/t10-,11+,16+,19-,22-/m1/s1. The van der Waals surface area contributed by atoms with E-state index in [4.69, 9.17) is 15.2 Å². The maximum Gasteiger partial charge on any atom is 0.417 e. The number of aliphatic hydroxyl groups excluding tert-OH is 1. The Bertz CT molecular complexity index is 1160. The van der Waals surface area contributed by atoms with E-state index in [-0.39, 0.29) is 16.9 Å². The van der Waals surface area contributed by atoms with Crippen LogP contribution >= 0.6 is 0 Å². The number of aliphatic hydroxyl groups is 1. The summed E-state index contributed by atoms with van der Waals surface area (Å²) in [7, 11) is 0. The number of nitrogens with zero attached hydrogens (tertiary/aromatic N) is 1. The topological polar surface area (TPSA) is 124 Å². The monoisotopic (exact) mass is 517 g/mol. The fourth-order valence-electron chi connectivity index (χ4n) is 4.04. The molecule has 1 aliphatic heterocycles. The molecule has 3 rings (SSSR count). The van der Waals surface area contributed by atoms with E-state index in [9.17, 15) is 36.6 Å². The zero-order valence-corrected chi connectivity index (χ0v) is 19.4. The molecule has 36 heavy (non-hydrogen) atoms. The minimum atomic E-state index is -4.94. The van der Waals surface area contributed by atoms with Gasteiger partial charge in [0, 0.05) is 29.3 Å². The Labute approximate surface area is 202 Å². The molecular weight excluding hydrogens is 493 g/mol. The molecule has 2 amide bonds. The summed E-state index contributed by atoms with van der Waals surface area (Å²) in [5, 5.41) is 11.9. The number of carbonyl (C=O) groups excluding carboxylic acids is 2. The second kappa shape index (κ2) is 9.97. The number of benzene rings is 1.